The van der Waals surface area contributed by atoms with Crippen molar-refractivity contribution < 1.29 is 9.47 Å². The van der Waals surface area contributed by atoms with E-state index in [0.29, 0.717) is 11.4 Å². The molecule has 1 unspecified atom stereocenters. The Morgan fingerprint density at radius 1 is 1.29 bits per heavy atom. The summed E-state index contributed by atoms with van der Waals surface area (Å²) in [5.41, 5.74) is 2.38. The summed E-state index contributed by atoms with van der Waals surface area (Å²) in [4.78, 5) is 0. The van der Waals surface area contributed by atoms with E-state index in [1.807, 2.05) is 16.7 Å². The van der Waals surface area contributed by atoms with Crippen LogP contribution in [0.4, 0.5) is 0 Å². The Labute approximate surface area is 128 Å². The van der Waals surface area contributed by atoms with E-state index in [0.717, 1.165) is 17.3 Å². The second-order valence-electron chi connectivity index (χ2n) is 5.65. The lowest BCUT2D eigenvalue weighted by Crippen LogP contribution is -2.25. The molecular formula is C15H19N3O2S. The quantitative estimate of drug-likeness (QED) is 0.860. The molecule has 1 aromatic heterocycles. The number of fused-ring (bicyclic) bond motifs is 1. The molecule has 1 N–H and O–H groups in total. The zero-order valence-corrected chi connectivity index (χ0v) is 13.5. The number of nitrogens with zero attached hydrogens (tertiary/aromatic N) is 2. The summed E-state index contributed by atoms with van der Waals surface area (Å²) in [6, 6.07) is 4.24. The number of benzene rings is 1. The van der Waals surface area contributed by atoms with Crippen molar-refractivity contribution in [1.29, 1.82) is 0 Å². The van der Waals surface area contributed by atoms with Crippen LogP contribution in [0.15, 0.2) is 12.1 Å². The predicted octanol–water partition coefficient (Wildman–Crippen LogP) is 3.65. The molecule has 6 heteroatoms. The Bertz CT molecular complexity index is 733. The third kappa shape index (κ3) is 2.44. The number of hydrogen-bond acceptors (Lipinski definition) is 4. The molecular weight excluding hydrogens is 286 g/mol. The van der Waals surface area contributed by atoms with Crippen molar-refractivity contribution in [2.75, 3.05) is 6.61 Å². The molecule has 21 heavy (non-hydrogen) atoms. The lowest BCUT2D eigenvalue weighted by molar-refractivity contribution is 0.0811. The van der Waals surface area contributed by atoms with Crippen molar-refractivity contribution in [3.8, 4) is 11.5 Å². The highest BCUT2D eigenvalue weighted by Gasteiger charge is 2.28. The molecule has 2 aromatic rings. The van der Waals surface area contributed by atoms with Gasteiger partial charge in [0, 0.05) is 6.04 Å². The molecule has 0 amide bonds. The third-order valence-corrected chi connectivity index (χ3v) is 4.04. The summed E-state index contributed by atoms with van der Waals surface area (Å²) in [6.07, 6.45) is -0.255. The fraction of sp³-hybridized carbons (Fsp3) is 0.467. The van der Waals surface area contributed by atoms with Crippen molar-refractivity contribution in [2.45, 2.75) is 39.8 Å². The molecule has 0 aliphatic carbocycles. The minimum absolute atomic E-state index is 0.219. The van der Waals surface area contributed by atoms with Gasteiger partial charge in [0.05, 0.1) is 0 Å². The second-order valence-corrected chi connectivity index (χ2v) is 6.04. The van der Waals surface area contributed by atoms with Gasteiger partial charge >= 0.3 is 0 Å². The first-order chi connectivity index (χ1) is 9.97. The van der Waals surface area contributed by atoms with E-state index in [4.69, 9.17) is 21.7 Å². The molecule has 1 aromatic carbocycles. The Balaban J connectivity index is 1.97. The first-order valence-electron chi connectivity index (χ1n) is 7.05. The molecule has 0 saturated heterocycles. The topological polar surface area (TPSA) is 52.1 Å². The van der Waals surface area contributed by atoms with Crippen LogP contribution >= 0.6 is 12.2 Å². The molecule has 5 nitrogen and oxygen atoms in total. The van der Waals surface area contributed by atoms with Gasteiger partial charge in [0.2, 0.25) is 0 Å². The Morgan fingerprint density at radius 3 is 2.62 bits per heavy atom. The molecule has 1 atom stereocenters. The van der Waals surface area contributed by atoms with Gasteiger partial charge in [0.1, 0.15) is 6.61 Å². The monoisotopic (exact) mass is 305 g/mol. The summed E-state index contributed by atoms with van der Waals surface area (Å²) < 4.78 is 14.5. The minimum Gasteiger partial charge on any atom is -0.485 e. The predicted molar refractivity (Wildman–Crippen MR) is 82.6 cm³/mol. The van der Waals surface area contributed by atoms with E-state index < -0.39 is 0 Å². The maximum absolute atomic E-state index is 6.08. The second kappa shape index (κ2) is 5.18. The van der Waals surface area contributed by atoms with Gasteiger partial charge in [-0.2, -0.15) is 5.10 Å². The largest absolute Gasteiger partial charge is 0.485 e. The van der Waals surface area contributed by atoms with E-state index >= 15 is 0 Å². The molecule has 2 heterocycles. The van der Waals surface area contributed by atoms with Crippen LogP contribution in [-0.2, 0) is 0 Å². The standard InChI is InChI=1S/C15H19N3O2S/c1-8(2)18-14(16-17-15(18)21)13-7-19-11-5-9(3)10(4)6-12(11)20-13/h5-6,8,13H,7H2,1-4H3,(H,17,21). The lowest BCUT2D eigenvalue weighted by atomic mass is 10.1. The fourth-order valence-electron chi connectivity index (χ4n) is 2.49. The highest BCUT2D eigenvalue weighted by molar-refractivity contribution is 7.71. The van der Waals surface area contributed by atoms with E-state index in [1.54, 1.807) is 0 Å². The average molecular weight is 305 g/mol. The lowest BCUT2D eigenvalue weighted by Gasteiger charge is -2.27. The number of rotatable bonds is 2. The van der Waals surface area contributed by atoms with Crippen molar-refractivity contribution in [1.82, 2.24) is 14.8 Å². The molecule has 1 aliphatic heterocycles. The summed E-state index contributed by atoms with van der Waals surface area (Å²) in [5.74, 6) is 2.33. The van der Waals surface area contributed by atoms with Crippen molar-refractivity contribution >= 4 is 12.2 Å². The van der Waals surface area contributed by atoms with Crippen LogP contribution in [0.5, 0.6) is 11.5 Å². The maximum Gasteiger partial charge on any atom is 0.195 e. The molecule has 3 rings (SSSR count). The number of hydrogen-bond donors (Lipinski definition) is 1. The fourth-order valence-corrected chi connectivity index (χ4v) is 2.84. The molecule has 112 valence electrons. The van der Waals surface area contributed by atoms with Gasteiger partial charge < -0.3 is 9.47 Å². The SMILES string of the molecule is Cc1cc2c(cc1C)OC(c1n[nH]c(=S)n1C(C)C)CO2. The summed E-state index contributed by atoms with van der Waals surface area (Å²) >= 11 is 5.28. The number of ether oxygens (including phenoxy) is 2. The van der Waals surface area contributed by atoms with Crippen molar-refractivity contribution in [3.05, 3.63) is 33.9 Å². The van der Waals surface area contributed by atoms with Crippen LogP contribution in [0.2, 0.25) is 0 Å². The van der Waals surface area contributed by atoms with E-state index in [1.165, 1.54) is 11.1 Å². The zero-order valence-electron chi connectivity index (χ0n) is 12.6. The summed E-state index contributed by atoms with van der Waals surface area (Å²) in [6.45, 7) is 8.70. The maximum atomic E-state index is 6.08. The van der Waals surface area contributed by atoms with Crippen LogP contribution in [0.1, 0.15) is 42.9 Å². The number of nitrogens with one attached hydrogen (secondary N) is 1. The van der Waals surface area contributed by atoms with Gasteiger partial charge in [-0.15, -0.1) is 0 Å². The molecule has 0 bridgehead atoms. The molecule has 0 fully saturated rings. The molecule has 0 radical (unpaired) electrons. The van der Waals surface area contributed by atoms with Gasteiger partial charge in [-0.05, 0) is 63.2 Å². The number of aromatic nitrogens is 3. The first kappa shape index (κ1) is 14.1. The third-order valence-electron chi connectivity index (χ3n) is 3.76. The van der Waals surface area contributed by atoms with E-state index in [9.17, 15) is 0 Å². The highest BCUT2D eigenvalue weighted by atomic mass is 32.1. The average Bonchev–Trinajstić information content (AvgIpc) is 2.81. The van der Waals surface area contributed by atoms with Gasteiger partial charge in [-0.1, -0.05) is 0 Å². The highest BCUT2D eigenvalue weighted by Crippen LogP contribution is 2.38. The normalized spacial score (nSPS) is 17.3. The van der Waals surface area contributed by atoms with Crippen LogP contribution in [0, 0.1) is 18.6 Å². The number of aryl methyl sites for hydroxylation is 2. The first-order valence-corrected chi connectivity index (χ1v) is 7.45. The Hall–Kier alpha value is -1.82. The Morgan fingerprint density at radius 2 is 1.95 bits per heavy atom. The van der Waals surface area contributed by atoms with Crippen molar-refractivity contribution in [2.24, 2.45) is 0 Å². The van der Waals surface area contributed by atoms with Gasteiger partial charge in [0.15, 0.2) is 28.2 Å². The van der Waals surface area contributed by atoms with Gasteiger partial charge in [0.25, 0.3) is 0 Å². The molecule has 1 aliphatic rings. The zero-order chi connectivity index (χ0) is 15.1. The number of H-pyrrole nitrogens is 1. The van der Waals surface area contributed by atoms with Crippen molar-refractivity contribution in [3.63, 3.8) is 0 Å². The number of aromatic amines is 1. The van der Waals surface area contributed by atoms with Crippen LogP contribution in [0.25, 0.3) is 0 Å². The van der Waals surface area contributed by atoms with Crippen LogP contribution in [-0.4, -0.2) is 21.4 Å². The summed E-state index contributed by atoms with van der Waals surface area (Å²) in [5, 5.41) is 7.15. The molecule has 0 spiro atoms. The van der Waals surface area contributed by atoms with Gasteiger partial charge in [-0.3, -0.25) is 9.67 Å². The molecule has 0 saturated carbocycles. The van der Waals surface area contributed by atoms with E-state index in [-0.39, 0.29) is 12.1 Å². The summed E-state index contributed by atoms with van der Waals surface area (Å²) in [7, 11) is 0. The Kier molecular flexibility index (Phi) is 3.49. The smallest absolute Gasteiger partial charge is 0.195 e. The van der Waals surface area contributed by atoms with Gasteiger partial charge in [-0.25, -0.2) is 0 Å². The van der Waals surface area contributed by atoms with Crippen LogP contribution < -0.4 is 9.47 Å². The van der Waals surface area contributed by atoms with Crippen LogP contribution in [0.3, 0.4) is 0 Å². The van der Waals surface area contributed by atoms with E-state index in [2.05, 4.69) is 37.9 Å². The minimum atomic E-state index is -0.255.